The van der Waals surface area contributed by atoms with Crippen LogP contribution in [0.3, 0.4) is 0 Å². The predicted molar refractivity (Wildman–Crippen MR) is 137 cm³/mol. The minimum Gasteiger partial charge on any atom is -0.490 e. The normalized spacial score (nSPS) is 22.7. The van der Waals surface area contributed by atoms with Crippen LogP contribution < -0.4 is 20.7 Å². The zero-order chi connectivity index (χ0) is 24.2. The number of nitrogens with one attached hydrogen (secondary N) is 1. The summed E-state index contributed by atoms with van der Waals surface area (Å²) in [5.74, 6) is 0.995. The van der Waals surface area contributed by atoms with Crippen LogP contribution in [-0.2, 0) is 9.59 Å². The van der Waals surface area contributed by atoms with Crippen LogP contribution in [-0.4, -0.2) is 55.5 Å². The van der Waals surface area contributed by atoms with Gasteiger partial charge < -0.3 is 20.3 Å². The average Bonchev–Trinajstić information content (AvgIpc) is 2.87. The number of ether oxygens (including phenoxy) is 1. The highest BCUT2D eigenvalue weighted by atomic mass is 16.5. The van der Waals surface area contributed by atoms with Gasteiger partial charge in [0.15, 0.2) is 0 Å². The van der Waals surface area contributed by atoms with E-state index in [9.17, 15) is 9.59 Å². The lowest BCUT2D eigenvalue weighted by Gasteiger charge is -2.38. The molecule has 0 aromatic heterocycles. The molecule has 2 aromatic carbocycles. The van der Waals surface area contributed by atoms with Gasteiger partial charge in [0, 0.05) is 50.5 Å². The summed E-state index contributed by atoms with van der Waals surface area (Å²) in [6, 6.07) is 16.1. The second kappa shape index (κ2) is 10.7. The van der Waals surface area contributed by atoms with E-state index in [1.807, 2.05) is 36.4 Å². The number of amides is 2. The van der Waals surface area contributed by atoms with E-state index >= 15 is 0 Å². The molecule has 0 spiro atoms. The van der Waals surface area contributed by atoms with Crippen molar-refractivity contribution in [1.29, 1.82) is 0 Å². The Hall–Kier alpha value is -3.06. The van der Waals surface area contributed by atoms with Crippen molar-refractivity contribution >= 4 is 23.2 Å². The van der Waals surface area contributed by atoms with Crippen LogP contribution >= 0.6 is 0 Å². The van der Waals surface area contributed by atoms with Crippen molar-refractivity contribution in [2.45, 2.75) is 50.5 Å². The summed E-state index contributed by atoms with van der Waals surface area (Å²) >= 11 is 0. The summed E-state index contributed by atoms with van der Waals surface area (Å²) in [4.78, 5) is 28.6. The third kappa shape index (κ3) is 5.96. The lowest BCUT2D eigenvalue weighted by atomic mass is 9.90. The highest BCUT2D eigenvalue weighted by Crippen LogP contribution is 2.29. The van der Waals surface area contributed by atoms with Gasteiger partial charge >= 0.3 is 0 Å². The van der Waals surface area contributed by atoms with Crippen molar-refractivity contribution in [3.63, 3.8) is 0 Å². The van der Waals surface area contributed by atoms with Crippen LogP contribution in [0.1, 0.15) is 50.0 Å². The first-order valence-corrected chi connectivity index (χ1v) is 13.0. The van der Waals surface area contributed by atoms with E-state index in [0.717, 1.165) is 61.9 Å². The molecule has 3 fully saturated rings. The van der Waals surface area contributed by atoms with Gasteiger partial charge in [-0.05, 0) is 80.0 Å². The Labute approximate surface area is 207 Å². The number of imide groups is 1. The number of hydrogen-bond donors (Lipinski definition) is 2. The number of nitrogens with two attached hydrogens (primary N) is 1. The smallest absolute Gasteiger partial charge is 0.234 e. The number of likely N-dealkylation sites (tertiary alicyclic amines) is 1. The van der Waals surface area contributed by atoms with Crippen molar-refractivity contribution in [3.8, 4) is 5.75 Å². The quantitative estimate of drug-likeness (QED) is 0.490. The number of rotatable bonds is 6. The molecule has 0 bridgehead atoms. The molecule has 0 aliphatic carbocycles. The van der Waals surface area contributed by atoms with Crippen molar-refractivity contribution in [1.82, 2.24) is 10.2 Å². The topological polar surface area (TPSA) is 87.9 Å². The van der Waals surface area contributed by atoms with E-state index in [4.69, 9.17) is 10.5 Å². The van der Waals surface area contributed by atoms with Crippen LogP contribution in [0, 0.1) is 5.92 Å². The molecule has 3 N–H and O–H groups in total. The first-order chi connectivity index (χ1) is 17.0. The van der Waals surface area contributed by atoms with E-state index in [1.54, 1.807) is 0 Å². The molecule has 5 rings (SSSR count). The third-order valence-electron chi connectivity index (χ3n) is 7.75. The number of hydrogen-bond acceptors (Lipinski definition) is 6. The first-order valence-electron chi connectivity index (χ1n) is 13.0. The molecule has 3 saturated heterocycles. The predicted octanol–water partition coefficient (Wildman–Crippen LogP) is 3.55. The van der Waals surface area contributed by atoms with Gasteiger partial charge in [-0.1, -0.05) is 12.1 Å². The number of piperidine rings is 3. The Bertz CT molecular complexity index is 1010. The first kappa shape index (κ1) is 23.7. The fourth-order valence-corrected chi connectivity index (χ4v) is 5.62. The van der Waals surface area contributed by atoms with Crippen LogP contribution in [0.4, 0.5) is 11.4 Å². The average molecular weight is 477 g/mol. The lowest BCUT2D eigenvalue weighted by molar-refractivity contribution is -0.134. The van der Waals surface area contributed by atoms with Crippen LogP contribution in [0.2, 0.25) is 0 Å². The zero-order valence-corrected chi connectivity index (χ0v) is 20.3. The van der Waals surface area contributed by atoms with Crippen LogP contribution in [0.15, 0.2) is 48.5 Å². The molecule has 7 heteroatoms. The summed E-state index contributed by atoms with van der Waals surface area (Å²) in [6.07, 6.45) is 5.76. The van der Waals surface area contributed by atoms with Crippen LogP contribution in [0.25, 0.3) is 0 Å². The summed E-state index contributed by atoms with van der Waals surface area (Å²) in [7, 11) is 0. The van der Waals surface area contributed by atoms with Gasteiger partial charge in [0.2, 0.25) is 11.8 Å². The molecular weight excluding hydrogens is 440 g/mol. The number of carbonyl (C=O) groups is 2. The molecule has 186 valence electrons. The maximum absolute atomic E-state index is 12.1. The van der Waals surface area contributed by atoms with E-state index in [0.29, 0.717) is 12.8 Å². The molecule has 0 radical (unpaired) electrons. The lowest BCUT2D eigenvalue weighted by Crippen LogP contribution is -2.43. The Balaban J connectivity index is 1.03. The molecule has 35 heavy (non-hydrogen) atoms. The maximum atomic E-state index is 12.1. The van der Waals surface area contributed by atoms with Gasteiger partial charge in [-0.25, -0.2) is 0 Å². The third-order valence-corrected chi connectivity index (χ3v) is 7.75. The Morgan fingerprint density at radius 1 is 0.857 bits per heavy atom. The second-order valence-electron chi connectivity index (χ2n) is 10.2. The van der Waals surface area contributed by atoms with Gasteiger partial charge in [-0.15, -0.1) is 0 Å². The molecule has 7 nitrogen and oxygen atoms in total. The Morgan fingerprint density at radius 2 is 1.54 bits per heavy atom. The number of nitrogens with zero attached hydrogens (tertiary/aromatic N) is 2. The molecule has 2 aromatic rings. The minimum absolute atomic E-state index is 0.179. The molecule has 1 unspecified atom stereocenters. The SMILES string of the molecule is Nc1ccc(N2CCC(CN3CCC(Oc4ccc(C5CCC(=O)NC5=O)cc4)CC3)CC2)cc1. The van der Waals surface area contributed by atoms with Crippen molar-refractivity contribution < 1.29 is 14.3 Å². The molecule has 0 saturated carbocycles. The Morgan fingerprint density at radius 3 is 2.20 bits per heavy atom. The Kier molecular flexibility index (Phi) is 7.23. The van der Waals surface area contributed by atoms with Crippen molar-refractivity contribution in [3.05, 3.63) is 54.1 Å². The zero-order valence-electron chi connectivity index (χ0n) is 20.3. The van der Waals surface area contributed by atoms with Gasteiger partial charge in [0.25, 0.3) is 0 Å². The van der Waals surface area contributed by atoms with Gasteiger partial charge in [0.1, 0.15) is 11.9 Å². The monoisotopic (exact) mass is 476 g/mol. The van der Waals surface area contributed by atoms with E-state index < -0.39 is 0 Å². The molecule has 3 heterocycles. The summed E-state index contributed by atoms with van der Waals surface area (Å²) in [6.45, 7) is 5.57. The van der Waals surface area contributed by atoms with Gasteiger partial charge in [0.05, 0.1) is 5.92 Å². The standard InChI is InChI=1S/C28H36N4O3/c29-22-3-5-23(6-4-22)32-17-11-20(12-18-32)19-31-15-13-25(14-16-31)35-24-7-1-21(2-8-24)26-9-10-27(33)30-28(26)34/h1-8,20,25-26H,9-19,29H2,(H,30,33,34). The maximum Gasteiger partial charge on any atom is 0.234 e. The van der Waals surface area contributed by atoms with E-state index in [-0.39, 0.29) is 23.8 Å². The van der Waals surface area contributed by atoms with Gasteiger partial charge in [-0.2, -0.15) is 0 Å². The summed E-state index contributed by atoms with van der Waals surface area (Å²) in [5, 5.41) is 2.43. The fraction of sp³-hybridized carbons (Fsp3) is 0.500. The van der Waals surface area contributed by atoms with E-state index in [2.05, 4.69) is 27.2 Å². The number of anilines is 2. The highest BCUT2D eigenvalue weighted by molar-refractivity contribution is 6.00. The number of benzene rings is 2. The molecular formula is C28H36N4O3. The van der Waals surface area contributed by atoms with E-state index in [1.165, 1.54) is 25.1 Å². The number of carbonyl (C=O) groups excluding carboxylic acids is 2. The van der Waals surface area contributed by atoms with Crippen molar-refractivity contribution in [2.75, 3.05) is 43.4 Å². The second-order valence-corrected chi connectivity index (χ2v) is 10.2. The molecule has 3 aliphatic heterocycles. The van der Waals surface area contributed by atoms with Gasteiger partial charge in [-0.3, -0.25) is 14.9 Å². The largest absolute Gasteiger partial charge is 0.490 e. The molecule has 2 amide bonds. The minimum atomic E-state index is -0.247. The molecule has 3 aliphatic rings. The summed E-state index contributed by atoms with van der Waals surface area (Å²) in [5.41, 5.74) is 8.86. The van der Waals surface area contributed by atoms with Crippen molar-refractivity contribution in [2.24, 2.45) is 5.92 Å². The number of nitrogen functional groups attached to an aromatic ring is 1. The highest BCUT2D eigenvalue weighted by Gasteiger charge is 2.28. The molecule has 1 atom stereocenters. The summed E-state index contributed by atoms with van der Waals surface area (Å²) < 4.78 is 6.25. The van der Waals surface area contributed by atoms with Crippen LogP contribution in [0.5, 0.6) is 5.75 Å². The fourth-order valence-electron chi connectivity index (χ4n) is 5.62.